The number of pyridine rings is 1. The monoisotopic (exact) mass is 319 g/mol. The molecule has 1 amide bonds. The number of hydrogen-bond acceptors (Lipinski definition) is 4. The Bertz CT molecular complexity index is 859. The lowest BCUT2D eigenvalue weighted by atomic mass is 9.97. The molecular weight excluding hydrogens is 302 g/mol. The predicted octanol–water partition coefficient (Wildman–Crippen LogP) is 2.93. The van der Waals surface area contributed by atoms with Gasteiger partial charge in [-0.25, -0.2) is 0 Å². The van der Waals surface area contributed by atoms with E-state index in [0.717, 1.165) is 18.4 Å². The van der Waals surface area contributed by atoms with E-state index in [9.17, 15) is 4.79 Å². The highest BCUT2D eigenvalue weighted by atomic mass is 16.1. The van der Waals surface area contributed by atoms with Gasteiger partial charge in [-0.1, -0.05) is 24.3 Å². The Labute approximate surface area is 139 Å². The number of hydrogen-bond donors (Lipinski definition) is 2. The van der Waals surface area contributed by atoms with Crippen LogP contribution in [0.4, 0.5) is 5.95 Å². The smallest absolute Gasteiger partial charge is 0.228 e. The summed E-state index contributed by atoms with van der Waals surface area (Å²) in [6.45, 7) is 0. The Morgan fingerprint density at radius 3 is 2.88 bits per heavy atom. The molecule has 1 aliphatic rings. The average Bonchev–Trinajstić information content (AvgIpc) is 3.23. The van der Waals surface area contributed by atoms with Crippen molar-refractivity contribution in [2.24, 2.45) is 0 Å². The van der Waals surface area contributed by atoms with Crippen molar-refractivity contribution in [3.63, 3.8) is 0 Å². The first-order valence-corrected chi connectivity index (χ1v) is 8.00. The van der Waals surface area contributed by atoms with Crippen LogP contribution in [-0.4, -0.2) is 26.1 Å². The van der Waals surface area contributed by atoms with Gasteiger partial charge in [0.15, 0.2) is 5.82 Å². The van der Waals surface area contributed by atoms with E-state index in [2.05, 4.69) is 43.7 Å². The van der Waals surface area contributed by atoms with Crippen LogP contribution in [-0.2, 0) is 11.2 Å². The molecule has 0 saturated heterocycles. The molecule has 24 heavy (non-hydrogen) atoms. The molecule has 3 aromatic rings. The van der Waals surface area contributed by atoms with Crippen molar-refractivity contribution in [2.75, 3.05) is 5.32 Å². The van der Waals surface area contributed by atoms with Crippen LogP contribution >= 0.6 is 0 Å². The molecule has 0 saturated carbocycles. The van der Waals surface area contributed by atoms with E-state index in [1.165, 1.54) is 11.1 Å². The second-order valence-electron chi connectivity index (χ2n) is 5.94. The van der Waals surface area contributed by atoms with Gasteiger partial charge in [-0.3, -0.25) is 15.1 Å². The zero-order valence-corrected chi connectivity index (χ0v) is 13.1. The molecule has 0 fully saturated rings. The fourth-order valence-electron chi connectivity index (χ4n) is 3.22. The fourth-order valence-corrected chi connectivity index (χ4v) is 3.22. The first kappa shape index (κ1) is 14.6. The Morgan fingerprint density at radius 1 is 1.17 bits per heavy atom. The topological polar surface area (TPSA) is 83.6 Å². The number of amides is 1. The van der Waals surface area contributed by atoms with Gasteiger partial charge in [0.1, 0.15) is 0 Å². The molecular formula is C18H17N5O. The van der Waals surface area contributed by atoms with Gasteiger partial charge in [-0.15, -0.1) is 10.2 Å². The molecule has 2 N–H and O–H groups in total. The number of nitrogens with one attached hydrogen (secondary N) is 2. The summed E-state index contributed by atoms with van der Waals surface area (Å²) in [7, 11) is 0. The number of fused-ring (bicyclic) bond motifs is 1. The molecule has 1 aromatic carbocycles. The third kappa shape index (κ3) is 2.90. The van der Waals surface area contributed by atoms with E-state index >= 15 is 0 Å². The minimum absolute atomic E-state index is 0.0471. The molecule has 0 radical (unpaired) electrons. The molecule has 1 unspecified atom stereocenters. The third-order valence-electron chi connectivity index (χ3n) is 4.39. The summed E-state index contributed by atoms with van der Waals surface area (Å²) >= 11 is 0. The second-order valence-corrected chi connectivity index (χ2v) is 5.94. The van der Waals surface area contributed by atoms with Crippen molar-refractivity contribution < 1.29 is 4.79 Å². The molecule has 0 spiro atoms. The standard InChI is InChI=1S/C18H17N5O/c24-16(11-14-6-5-12-3-1-2-4-15(12)14)20-18-21-17(22-23-18)13-7-9-19-10-8-13/h1-4,7-10,14H,5-6,11H2,(H2,20,21,22,23,24). The number of aromatic nitrogens is 4. The first-order chi connectivity index (χ1) is 11.8. The maximum Gasteiger partial charge on any atom is 0.228 e. The highest BCUT2D eigenvalue weighted by molar-refractivity contribution is 5.89. The fraction of sp³-hybridized carbons (Fsp3) is 0.222. The highest BCUT2D eigenvalue weighted by Crippen LogP contribution is 2.35. The Hall–Kier alpha value is -3.02. The third-order valence-corrected chi connectivity index (χ3v) is 4.39. The number of H-pyrrole nitrogens is 1. The van der Waals surface area contributed by atoms with Crippen LogP contribution in [0.2, 0.25) is 0 Å². The minimum atomic E-state index is -0.0471. The maximum absolute atomic E-state index is 12.3. The van der Waals surface area contributed by atoms with Crippen LogP contribution in [0.5, 0.6) is 0 Å². The van der Waals surface area contributed by atoms with Crippen molar-refractivity contribution in [1.82, 2.24) is 20.2 Å². The second kappa shape index (κ2) is 6.23. The summed E-state index contributed by atoms with van der Waals surface area (Å²) in [5.41, 5.74) is 3.53. The molecule has 0 bridgehead atoms. The van der Waals surface area contributed by atoms with Crippen LogP contribution in [0, 0.1) is 0 Å². The van der Waals surface area contributed by atoms with E-state index in [4.69, 9.17) is 0 Å². The quantitative estimate of drug-likeness (QED) is 0.774. The highest BCUT2D eigenvalue weighted by Gasteiger charge is 2.24. The number of anilines is 1. The van der Waals surface area contributed by atoms with Crippen LogP contribution < -0.4 is 5.32 Å². The molecule has 0 aliphatic heterocycles. The van der Waals surface area contributed by atoms with E-state index in [1.54, 1.807) is 12.4 Å². The molecule has 4 rings (SSSR count). The lowest BCUT2D eigenvalue weighted by Crippen LogP contribution is -2.15. The van der Waals surface area contributed by atoms with Gasteiger partial charge < -0.3 is 4.98 Å². The zero-order chi connectivity index (χ0) is 16.4. The number of carbonyl (C=O) groups is 1. The largest absolute Gasteiger partial charge is 0.307 e. The van der Waals surface area contributed by atoms with Gasteiger partial charge in [0, 0.05) is 24.4 Å². The number of nitrogens with zero attached hydrogens (tertiary/aromatic N) is 3. The number of aromatic amines is 1. The number of carbonyl (C=O) groups excluding carboxylic acids is 1. The van der Waals surface area contributed by atoms with Gasteiger partial charge >= 0.3 is 0 Å². The number of benzene rings is 1. The molecule has 1 atom stereocenters. The SMILES string of the molecule is O=C(CC1CCc2ccccc21)Nc1nnc(-c2ccncc2)[nH]1. The summed E-state index contributed by atoms with van der Waals surface area (Å²) in [5.74, 6) is 1.22. The summed E-state index contributed by atoms with van der Waals surface area (Å²) < 4.78 is 0. The normalized spacial score (nSPS) is 15.9. The minimum Gasteiger partial charge on any atom is -0.307 e. The molecule has 120 valence electrons. The van der Waals surface area contributed by atoms with Crippen LogP contribution in [0.3, 0.4) is 0 Å². The van der Waals surface area contributed by atoms with E-state index in [-0.39, 0.29) is 11.8 Å². The average molecular weight is 319 g/mol. The Balaban J connectivity index is 1.42. The summed E-state index contributed by atoms with van der Waals surface area (Å²) in [6.07, 6.45) is 5.90. The molecule has 2 heterocycles. The first-order valence-electron chi connectivity index (χ1n) is 8.00. The van der Waals surface area contributed by atoms with Crippen LogP contribution in [0.15, 0.2) is 48.8 Å². The van der Waals surface area contributed by atoms with Gasteiger partial charge in [0.25, 0.3) is 0 Å². The van der Waals surface area contributed by atoms with Crippen molar-refractivity contribution in [1.29, 1.82) is 0 Å². The van der Waals surface area contributed by atoms with E-state index in [1.807, 2.05) is 18.2 Å². The van der Waals surface area contributed by atoms with Crippen molar-refractivity contribution in [2.45, 2.75) is 25.2 Å². The van der Waals surface area contributed by atoms with E-state index in [0.29, 0.717) is 18.2 Å². The molecule has 2 aromatic heterocycles. The number of aryl methyl sites for hydroxylation is 1. The predicted molar refractivity (Wildman–Crippen MR) is 90.4 cm³/mol. The summed E-state index contributed by atoms with van der Waals surface area (Å²) in [4.78, 5) is 19.3. The molecule has 1 aliphatic carbocycles. The summed E-state index contributed by atoms with van der Waals surface area (Å²) in [5, 5.41) is 10.9. The lowest BCUT2D eigenvalue weighted by molar-refractivity contribution is -0.116. The number of rotatable bonds is 4. The van der Waals surface area contributed by atoms with Gasteiger partial charge in [0.2, 0.25) is 11.9 Å². The zero-order valence-electron chi connectivity index (χ0n) is 13.1. The molecule has 6 nitrogen and oxygen atoms in total. The lowest BCUT2D eigenvalue weighted by Gasteiger charge is -2.10. The van der Waals surface area contributed by atoms with Gasteiger partial charge in [-0.05, 0) is 42.0 Å². The Morgan fingerprint density at radius 2 is 2.00 bits per heavy atom. The van der Waals surface area contributed by atoms with E-state index < -0.39 is 0 Å². The van der Waals surface area contributed by atoms with Crippen LogP contribution in [0.25, 0.3) is 11.4 Å². The van der Waals surface area contributed by atoms with Gasteiger partial charge in [0.05, 0.1) is 0 Å². The van der Waals surface area contributed by atoms with Gasteiger partial charge in [-0.2, -0.15) is 0 Å². The summed E-state index contributed by atoms with van der Waals surface area (Å²) in [6, 6.07) is 12.0. The van der Waals surface area contributed by atoms with Crippen molar-refractivity contribution in [3.8, 4) is 11.4 Å². The van der Waals surface area contributed by atoms with Crippen molar-refractivity contribution in [3.05, 3.63) is 59.9 Å². The maximum atomic E-state index is 12.3. The van der Waals surface area contributed by atoms with Crippen LogP contribution in [0.1, 0.15) is 29.9 Å². The van der Waals surface area contributed by atoms with Crippen molar-refractivity contribution >= 4 is 11.9 Å². The Kier molecular flexibility index (Phi) is 3.78. The molecule has 6 heteroatoms.